The topological polar surface area (TPSA) is 180 Å². The summed E-state index contributed by atoms with van der Waals surface area (Å²) in [7, 11) is 0. The monoisotopic (exact) mass is 1140 g/mol. The van der Waals surface area contributed by atoms with Crippen LogP contribution in [0.4, 0.5) is 0 Å². The van der Waals surface area contributed by atoms with Crippen molar-refractivity contribution in [3.05, 3.63) is 242 Å². The molecule has 14 heteroatoms. The van der Waals surface area contributed by atoms with E-state index in [1.807, 2.05) is 238 Å². The highest BCUT2D eigenvalue weighted by molar-refractivity contribution is 5.81. The fourth-order valence-electron chi connectivity index (χ4n) is 5.36. The maximum absolute atomic E-state index is 4.38. The second-order valence-electron chi connectivity index (χ2n) is 14.6. The molecule has 0 radical (unpaired) electrons. The van der Waals surface area contributed by atoms with Crippen LogP contribution in [-0.2, 0) is 0 Å². The van der Waals surface area contributed by atoms with E-state index in [-0.39, 0.29) is 0 Å². The predicted octanol–water partition coefficient (Wildman–Crippen LogP) is 19.2. The largest absolute Gasteiger partial charge is 0.261 e. The van der Waals surface area contributed by atoms with Gasteiger partial charge in [-0.1, -0.05) is 171 Å². The summed E-state index contributed by atoms with van der Waals surface area (Å²) in [5.74, 6) is 1.58. The van der Waals surface area contributed by atoms with Crippen LogP contribution in [0.1, 0.15) is 156 Å². The molecule has 8 aromatic heterocycles. The van der Waals surface area contributed by atoms with E-state index in [9.17, 15) is 0 Å². The molecule has 0 aliphatic heterocycles. The number of rotatable bonds is 0. The van der Waals surface area contributed by atoms with Gasteiger partial charge in [0.15, 0.2) is 0 Å². The Bertz CT molecular complexity index is 2740. The van der Waals surface area contributed by atoms with Gasteiger partial charge in [0.2, 0.25) is 0 Å². The molecule has 0 aliphatic rings. The minimum Gasteiger partial charge on any atom is -0.261 e. The molecule has 8 heterocycles. The number of hydrogen-bond donors (Lipinski definition) is 0. The molecule has 0 saturated carbocycles. The van der Waals surface area contributed by atoms with Crippen LogP contribution in [0, 0.1) is 55.4 Å². The van der Waals surface area contributed by atoms with Crippen LogP contribution in [0.15, 0.2) is 196 Å². The quantitative estimate of drug-likeness (QED) is 0.140. The molecule has 0 aliphatic carbocycles. The molecular weight excluding hydrogens is 1040 g/mol. The molecule has 0 unspecified atom stereocenters. The van der Waals surface area contributed by atoms with Gasteiger partial charge in [0.05, 0.1) is 22.2 Å². The summed E-state index contributed by atoms with van der Waals surface area (Å²) in [5.41, 5.74) is 9.86. The summed E-state index contributed by atoms with van der Waals surface area (Å²) in [4.78, 5) is 54.7. The highest BCUT2D eigenvalue weighted by Gasteiger charge is 1.94. The zero-order chi connectivity index (χ0) is 64.6. The Morgan fingerprint density at radius 1 is 0.262 bits per heavy atom. The van der Waals surface area contributed by atoms with Crippen molar-refractivity contribution in [2.45, 2.75) is 166 Å². The van der Waals surface area contributed by atoms with E-state index in [2.05, 4.69) is 114 Å². The van der Waals surface area contributed by atoms with Crippen molar-refractivity contribution in [3.8, 4) is 0 Å². The minimum absolute atomic E-state index is 0.759. The van der Waals surface area contributed by atoms with Crippen LogP contribution < -0.4 is 0 Å². The summed E-state index contributed by atoms with van der Waals surface area (Å²) in [5, 5.41) is 3.67. The molecule has 454 valence electrons. The molecular formula is C70H104N14. The number of aryl methyl sites for hydroxylation is 8. The van der Waals surface area contributed by atoms with Gasteiger partial charge >= 0.3 is 0 Å². The minimum atomic E-state index is 0.759. The Kier molecular flexibility index (Phi) is 63.4. The number of nitrogens with zero attached hydrogens (tertiary/aromatic N) is 14. The fourth-order valence-corrected chi connectivity index (χ4v) is 5.36. The van der Waals surface area contributed by atoms with Crippen molar-refractivity contribution in [2.75, 3.05) is 0 Å². The standard InChI is InChI=1S/3C10H9N.4C5H6N2.C4H5N3.8C2H6/c1-8-6-9-4-2-3-5-10(9)11-7-8;1-8-6-7-11-10-5-3-2-4-9(8)10;1-8-6-7-9-4-2-3-5-10(9)11-8;1-5-2-6-4-7-3-5;1-5-4-6-2-3-7-5;1-5-2-3-6-4-7-5;1-5-6-3-2-4-7-5;1-4-6-2-5-3-7-4;8*1-2/h3*2-7H,1H3;4*2-4H,1H3;2-3H,1H3;8*1-2H3. The first-order valence-corrected chi connectivity index (χ1v) is 29.5. The molecule has 0 amide bonds. The van der Waals surface area contributed by atoms with Crippen molar-refractivity contribution < 1.29 is 0 Å². The average molecular weight is 1140 g/mol. The van der Waals surface area contributed by atoms with Crippen molar-refractivity contribution in [1.29, 1.82) is 0 Å². The molecule has 11 rings (SSSR count). The number of fused-ring (bicyclic) bond motifs is 3. The van der Waals surface area contributed by atoms with Crippen LogP contribution in [0.25, 0.3) is 32.7 Å². The van der Waals surface area contributed by atoms with Crippen LogP contribution in [-0.4, -0.2) is 69.8 Å². The Labute approximate surface area is 508 Å². The SMILES string of the molecule is CC.CC.CC.CC.CC.CC.CC.CC.Cc1ccc2ccccc2n1.Cc1ccnc2ccccc12.Cc1ccncn1.Cc1cnc2ccccc2c1.Cc1cnccn1.Cc1cncnc1.Cc1ncccn1.Cc1ncncn1. The Morgan fingerprint density at radius 2 is 0.786 bits per heavy atom. The summed E-state index contributed by atoms with van der Waals surface area (Å²) in [6, 6.07) is 36.4. The second kappa shape index (κ2) is 63.4. The van der Waals surface area contributed by atoms with E-state index in [1.54, 1.807) is 55.6 Å². The smallest absolute Gasteiger partial charge is 0.128 e. The maximum Gasteiger partial charge on any atom is 0.128 e. The van der Waals surface area contributed by atoms with Gasteiger partial charge in [0.1, 0.15) is 37.0 Å². The summed E-state index contributed by atoms with van der Waals surface area (Å²) >= 11 is 0. The van der Waals surface area contributed by atoms with Crippen molar-refractivity contribution in [1.82, 2.24) is 69.8 Å². The van der Waals surface area contributed by atoms with E-state index in [4.69, 9.17) is 0 Å². The van der Waals surface area contributed by atoms with Crippen molar-refractivity contribution in [2.24, 2.45) is 0 Å². The third-order valence-electron chi connectivity index (χ3n) is 8.76. The molecule has 0 N–H and O–H groups in total. The fraction of sp³-hybridized carbons (Fsp3) is 0.343. The number of hydrogen-bond acceptors (Lipinski definition) is 14. The van der Waals surface area contributed by atoms with Gasteiger partial charge < -0.3 is 0 Å². The molecule has 0 spiro atoms. The highest BCUT2D eigenvalue weighted by atomic mass is 15.0. The molecule has 11 aromatic rings. The Hall–Kier alpha value is -8.78. The van der Waals surface area contributed by atoms with Crippen molar-refractivity contribution >= 4 is 32.7 Å². The highest BCUT2D eigenvalue weighted by Crippen LogP contribution is 2.14. The zero-order valence-corrected chi connectivity index (χ0v) is 55.7. The molecule has 84 heavy (non-hydrogen) atoms. The first-order valence-electron chi connectivity index (χ1n) is 29.5. The summed E-state index contributed by atoms with van der Waals surface area (Å²) < 4.78 is 0. The molecule has 0 atom stereocenters. The third-order valence-corrected chi connectivity index (χ3v) is 8.76. The van der Waals surface area contributed by atoms with E-state index in [0.717, 1.165) is 50.8 Å². The lowest BCUT2D eigenvalue weighted by Gasteiger charge is -1.97. The number of para-hydroxylation sites is 3. The Balaban J connectivity index is -0.000000275. The third kappa shape index (κ3) is 44.9. The van der Waals surface area contributed by atoms with E-state index < -0.39 is 0 Å². The first kappa shape index (κ1) is 84.0. The van der Waals surface area contributed by atoms with Crippen LogP contribution in [0.5, 0.6) is 0 Å². The van der Waals surface area contributed by atoms with Crippen LogP contribution in [0.2, 0.25) is 0 Å². The maximum atomic E-state index is 4.38. The van der Waals surface area contributed by atoms with Gasteiger partial charge in [-0.15, -0.1) is 0 Å². The number of aromatic nitrogens is 14. The van der Waals surface area contributed by atoms with E-state index in [0.29, 0.717) is 0 Å². The van der Waals surface area contributed by atoms with Gasteiger partial charge in [0.25, 0.3) is 0 Å². The van der Waals surface area contributed by atoms with Gasteiger partial charge in [-0.3, -0.25) is 24.9 Å². The number of pyridine rings is 3. The van der Waals surface area contributed by atoms with Crippen LogP contribution >= 0.6 is 0 Å². The Morgan fingerprint density at radius 3 is 1.21 bits per heavy atom. The summed E-state index contributed by atoms with van der Waals surface area (Å²) in [6.07, 6.45) is 23.5. The first-order chi connectivity index (χ1) is 41.1. The van der Waals surface area contributed by atoms with Crippen molar-refractivity contribution in [3.63, 3.8) is 0 Å². The summed E-state index contributed by atoms with van der Waals surface area (Å²) in [6.45, 7) is 47.6. The average Bonchev–Trinajstić information content (AvgIpc) is 3.68. The lowest BCUT2D eigenvalue weighted by atomic mass is 10.1. The molecule has 0 bridgehead atoms. The second-order valence-corrected chi connectivity index (χ2v) is 14.6. The lowest BCUT2D eigenvalue weighted by molar-refractivity contribution is 0.974. The molecule has 3 aromatic carbocycles. The molecule has 14 nitrogen and oxygen atoms in total. The molecule has 0 fully saturated rings. The molecule has 0 saturated heterocycles. The van der Waals surface area contributed by atoms with E-state index >= 15 is 0 Å². The van der Waals surface area contributed by atoms with E-state index in [1.165, 1.54) is 52.6 Å². The predicted molar refractivity (Wildman–Crippen MR) is 362 cm³/mol. The normalized spacial score (nSPS) is 8.24. The zero-order valence-electron chi connectivity index (χ0n) is 55.7. The van der Waals surface area contributed by atoms with Gasteiger partial charge in [-0.05, 0) is 121 Å². The van der Waals surface area contributed by atoms with Gasteiger partial charge in [-0.2, -0.15) is 0 Å². The van der Waals surface area contributed by atoms with Gasteiger partial charge in [-0.25, -0.2) is 44.9 Å². The number of benzene rings is 3. The van der Waals surface area contributed by atoms with Crippen LogP contribution in [0.3, 0.4) is 0 Å². The van der Waals surface area contributed by atoms with Gasteiger partial charge in [0, 0.05) is 89.5 Å². The lowest BCUT2D eigenvalue weighted by Crippen LogP contribution is -1.84.